The first-order valence-corrected chi connectivity index (χ1v) is 8.76. The summed E-state index contributed by atoms with van der Waals surface area (Å²) in [6.45, 7) is 4.22. The molecule has 4 rings (SSSR count). The van der Waals surface area contributed by atoms with Gasteiger partial charge in [-0.3, -0.25) is 14.4 Å². The second-order valence-electron chi connectivity index (χ2n) is 8.30. The number of ketones is 3. The van der Waals surface area contributed by atoms with Gasteiger partial charge in [-0.25, -0.2) is 0 Å². The van der Waals surface area contributed by atoms with Gasteiger partial charge in [0.05, 0.1) is 5.41 Å². The fourth-order valence-electron chi connectivity index (χ4n) is 6.07. The van der Waals surface area contributed by atoms with E-state index in [4.69, 9.17) is 0 Å². The van der Waals surface area contributed by atoms with E-state index in [0.29, 0.717) is 17.9 Å². The highest BCUT2D eigenvalue weighted by Crippen LogP contribution is 2.62. The molecule has 3 heteroatoms. The maximum Gasteiger partial charge on any atom is 0.269 e. The van der Waals surface area contributed by atoms with E-state index in [9.17, 15) is 14.4 Å². The molecule has 4 aliphatic carbocycles. The van der Waals surface area contributed by atoms with Crippen LogP contribution < -0.4 is 0 Å². The molecule has 0 heterocycles. The van der Waals surface area contributed by atoms with Crippen molar-refractivity contribution in [2.24, 2.45) is 22.7 Å². The van der Waals surface area contributed by atoms with Crippen molar-refractivity contribution in [3.63, 3.8) is 0 Å². The van der Waals surface area contributed by atoms with Gasteiger partial charge in [0.1, 0.15) is 0 Å². The summed E-state index contributed by atoms with van der Waals surface area (Å²) in [6.07, 6.45) is 8.82. The van der Waals surface area contributed by atoms with E-state index in [-0.39, 0.29) is 5.41 Å². The van der Waals surface area contributed by atoms with Crippen molar-refractivity contribution in [2.75, 3.05) is 0 Å². The van der Waals surface area contributed by atoms with Gasteiger partial charge in [-0.2, -0.15) is 0 Å². The van der Waals surface area contributed by atoms with Crippen LogP contribution in [-0.4, -0.2) is 17.3 Å². The van der Waals surface area contributed by atoms with Gasteiger partial charge in [0.25, 0.3) is 5.78 Å². The minimum atomic E-state index is -0.808. The van der Waals surface area contributed by atoms with E-state index in [2.05, 4.69) is 6.92 Å². The molecule has 0 amide bonds. The number of hydrogen-bond donors (Lipinski definition) is 0. The quantitative estimate of drug-likeness (QED) is 0.644. The molecule has 0 saturated heterocycles. The van der Waals surface area contributed by atoms with Crippen LogP contribution in [0.25, 0.3) is 0 Å². The molecular formula is C19H24O3. The van der Waals surface area contributed by atoms with Crippen LogP contribution in [0.1, 0.15) is 65.2 Å². The van der Waals surface area contributed by atoms with Gasteiger partial charge in [-0.05, 0) is 62.7 Å². The van der Waals surface area contributed by atoms with Crippen molar-refractivity contribution in [3.8, 4) is 0 Å². The molecule has 0 aromatic carbocycles. The Hall–Kier alpha value is -1.25. The topological polar surface area (TPSA) is 51.2 Å². The first kappa shape index (κ1) is 14.3. The minimum absolute atomic E-state index is 0.273. The molecule has 3 nitrogen and oxygen atoms in total. The van der Waals surface area contributed by atoms with Gasteiger partial charge in [0, 0.05) is 5.57 Å². The van der Waals surface area contributed by atoms with Crippen molar-refractivity contribution in [1.29, 1.82) is 0 Å². The lowest BCUT2D eigenvalue weighted by Gasteiger charge is -2.54. The van der Waals surface area contributed by atoms with Gasteiger partial charge >= 0.3 is 0 Å². The van der Waals surface area contributed by atoms with Crippen molar-refractivity contribution in [2.45, 2.75) is 65.2 Å². The number of fused-ring (bicyclic) bond motifs is 4. The molecule has 0 N–H and O–H groups in total. The molecule has 3 fully saturated rings. The van der Waals surface area contributed by atoms with Crippen LogP contribution >= 0.6 is 0 Å². The molecule has 22 heavy (non-hydrogen) atoms. The molecule has 0 aromatic rings. The van der Waals surface area contributed by atoms with Crippen molar-refractivity contribution in [1.82, 2.24) is 0 Å². The lowest BCUT2D eigenvalue weighted by atomic mass is 9.50. The first-order valence-electron chi connectivity index (χ1n) is 8.76. The third-order valence-electron chi connectivity index (χ3n) is 7.38. The Kier molecular flexibility index (Phi) is 2.87. The normalized spacial score (nSPS) is 44.7. The number of carbonyl (C=O) groups is 3. The summed E-state index contributed by atoms with van der Waals surface area (Å²) in [7, 11) is 0. The maximum atomic E-state index is 12.4. The SMILES string of the molecule is C[C@]12CC[C@H]3C(=C1C(=O)C(=O)C2=O)CCC1CCCC[C@@]13C. The zero-order valence-corrected chi connectivity index (χ0v) is 13.5. The van der Waals surface area contributed by atoms with Crippen LogP contribution in [-0.2, 0) is 14.4 Å². The molecule has 4 aliphatic rings. The van der Waals surface area contributed by atoms with E-state index < -0.39 is 22.8 Å². The Labute approximate surface area is 131 Å². The zero-order chi connectivity index (χ0) is 15.7. The molecule has 4 atom stereocenters. The molecule has 3 saturated carbocycles. The average Bonchev–Trinajstić information content (AvgIpc) is 2.68. The number of allylic oxidation sites excluding steroid dienone is 2. The lowest BCUT2D eigenvalue weighted by Crippen LogP contribution is -2.46. The Balaban J connectivity index is 1.86. The third kappa shape index (κ3) is 1.55. The van der Waals surface area contributed by atoms with Crippen LogP contribution in [0.5, 0.6) is 0 Å². The van der Waals surface area contributed by atoms with Gasteiger partial charge in [-0.15, -0.1) is 0 Å². The van der Waals surface area contributed by atoms with Crippen LogP contribution in [0.3, 0.4) is 0 Å². The van der Waals surface area contributed by atoms with E-state index in [0.717, 1.165) is 25.2 Å². The summed E-state index contributed by atoms with van der Waals surface area (Å²) in [6, 6.07) is 0. The molecule has 1 unspecified atom stereocenters. The van der Waals surface area contributed by atoms with E-state index in [1.54, 1.807) is 0 Å². The summed E-state index contributed by atoms with van der Waals surface area (Å²) in [5.41, 5.74) is 1.26. The molecular weight excluding hydrogens is 276 g/mol. The summed E-state index contributed by atoms with van der Waals surface area (Å²) in [5.74, 6) is -0.527. The molecule has 118 valence electrons. The van der Waals surface area contributed by atoms with Gasteiger partial charge < -0.3 is 0 Å². The fourth-order valence-corrected chi connectivity index (χ4v) is 6.07. The number of rotatable bonds is 0. The van der Waals surface area contributed by atoms with Crippen LogP contribution in [0, 0.1) is 22.7 Å². The van der Waals surface area contributed by atoms with E-state index >= 15 is 0 Å². The predicted octanol–water partition coefficient (Wildman–Crippen LogP) is 3.41. The third-order valence-corrected chi connectivity index (χ3v) is 7.38. The number of Topliss-reactive ketones (excluding diaryl/α,β-unsaturated/α-hetero) is 3. The smallest absolute Gasteiger partial charge is 0.269 e. The van der Waals surface area contributed by atoms with Crippen LogP contribution in [0.2, 0.25) is 0 Å². The molecule has 0 aromatic heterocycles. The summed E-state index contributed by atoms with van der Waals surface area (Å²) >= 11 is 0. The molecule has 0 bridgehead atoms. The highest BCUT2D eigenvalue weighted by Gasteiger charge is 2.60. The van der Waals surface area contributed by atoms with Crippen molar-refractivity contribution >= 4 is 17.3 Å². The second kappa shape index (κ2) is 4.39. The predicted molar refractivity (Wildman–Crippen MR) is 82.2 cm³/mol. The van der Waals surface area contributed by atoms with Gasteiger partial charge in [0.2, 0.25) is 11.6 Å². The minimum Gasteiger partial charge on any atom is -0.289 e. The summed E-state index contributed by atoms with van der Waals surface area (Å²) in [5, 5.41) is 0. The number of hydrogen-bond acceptors (Lipinski definition) is 3. The Morgan fingerprint density at radius 2 is 1.68 bits per heavy atom. The van der Waals surface area contributed by atoms with Crippen molar-refractivity contribution < 1.29 is 14.4 Å². The fraction of sp³-hybridized carbons (Fsp3) is 0.737. The zero-order valence-electron chi connectivity index (χ0n) is 13.5. The highest BCUT2D eigenvalue weighted by atomic mass is 16.2. The van der Waals surface area contributed by atoms with Gasteiger partial charge in [-0.1, -0.05) is 25.3 Å². The average molecular weight is 300 g/mol. The Morgan fingerprint density at radius 1 is 0.909 bits per heavy atom. The molecule has 0 spiro atoms. The van der Waals surface area contributed by atoms with Crippen LogP contribution in [0.15, 0.2) is 11.1 Å². The highest BCUT2D eigenvalue weighted by molar-refractivity contribution is 6.73. The molecule has 0 aliphatic heterocycles. The van der Waals surface area contributed by atoms with Gasteiger partial charge in [0.15, 0.2) is 0 Å². The standard InChI is InChI=1S/C19H24O3/c1-18-9-4-3-5-11(18)6-7-12-13(18)8-10-19(2)14(12)15(20)16(21)17(19)22/h11,13H,3-10H2,1-2H3/t11?,13-,18-,19-/m0/s1. The number of carbonyl (C=O) groups excluding carboxylic acids is 3. The van der Waals surface area contributed by atoms with E-state index in [1.807, 2.05) is 6.92 Å². The Morgan fingerprint density at radius 3 is 2.45 bits per heavy atom. The van der Waals surface area contributed by atoms with E-state index in [1.165, 1.54) is 31.3 Å². The first-order chi connectivity index (χ1) is 10.4. The summed E-state index contributed by atoms with van der Waals surface area (Å²) in [4.78, 5) is 36.7. The maximum absolute atomic E-state index is 12.4. The lowest BCUT2D eigenvalue weighted by molar-refractivity contribution is -0.141. The van der Waals surface area contributed by atoms with Crippen molar-refractivity contribution in [3.05, 3.63) is 11.1 Å². The molecule has 0 radical (unpaired) electrons. The largest absolute Gasteiger partial charge is 0.289 e. The van der Waals surface area contributed by atoms with Crippen LogP contribution in [0.4, 0.5) is 0 Å². The Bertz CT molecular complexity index is 629. The monoisotopic (exact) mass is 300 g/mol. The second-order valence-corrected chi connectivity index (χ2v) is 8.30. The summed E-state index contributed by atoms with van der Waals surface area (Å²) < 4.78 is 0.